The molecule has 1 aliphatic heterocycles. The van der Waals surface area contributed by atoms with Gasteiger partial charge in [0.15, 0.2) is 0 Å². The molecule has 1 aromatic carbocycles. The van der Waals surface area contributed by atoms with Crippen molar-refractivity contribution in [2.75, 3.05) is 13.2 Å². The van der Waals surface area contributed by atoms with E-state index in [1.807, 2.05) is 19.9 Å². The number of halogens is 1. The number of carbonyl (C=O) groups excluding carboxylic acids is 1. The van der Waals surface area contributed by atoms with Crippen LogP contribution in [0.4, 0.5) is 0 Å². The van der Waals surface area contributed by atoms with Crippen LogP contribution in [0, 0.1) is 12.8 Å². The van der Waals surface area contributed by atoms with Crippen LogP contribution >= 0.6 is 11.6 Å². The van der Waals surface area contributed by atoms with Crippen molar-refractivity contribution < 1.29 is 14.6 Å². The maximum absolute atomic E-state index is 11.3. The van der Waals surface area contributed by atoms with Crippen LogP contribution in [0.25, 0.3) is 0 Å². The van der Waals surface area contributed by atoms with Crippen molar-refractivity contribution >= 4 is 23.2 Å². The number of aryl methyl sites for hydroxylation is 1. The van der Waals surface area contributed by atoms with E-state index in [0.29, 0.717) is 17.2 Å². The smallest absolute Gasteiger partial charge is 0.240 e. The van der Waals surface area contributed by atoms with Crippen LogP contribution in [0.1, 0.15) is 24.5 Å². The van der Waals surface area contributed by atoms with Crippen molar-refractivity contribution in [1.82, 2.24) is 5.43 Å². The third-order valence-electron chi connectivity index (χ3n) is 3.12. The summed E-state index contributed by atoms with van der Waals surface area (Å²) in [6.45, 7) is 3.98. The van der Waals surface area contributed by atoms with Gasteiger partial charge in [0.05, 0.1) is 17.3 Å². The van der Waals surface area contributed by atoms with Gasteiger partial charge in [-0.25, -0.2) is 5.43 Å². The number of ether oxygens (including phenoxy) is 1. The Balaban J connectivity index is 2.32. The molecule has 0 aromatic heterocycles. The van der Waals surface area contributed by atoms with Crippen LogP contribution < -0.4 is 10.2 Å². The van der Waals surface area contributed by atoms with Gasteiger partial charge in [0.2, 0.25) is 5.91 Å². The molecule has 0 fully saturated rings. The molecule has 0 bridgehead atoms. The maximum atomic E-state index is 11.3. The molecule has 2 N–H and O–H groups in total. The molecule has 20 heavy (non-hydrogen) atoms. The minimum Gasteiger partial charge on any atom is -0.489 e. The summed E-state index contributed by atoms with van der Waals surface area (Å²) in [5, 5.41) is 13.4. The van der Waals surface area contributed by atoms with Crippen molar-refractivity contribution in [3.63, 3.8) is 0 Å². The predicted octanol–water partition coefficient (Wildman–Crippen LogP) is 1.88. The fraction of sp³-hybridized carbons (Fsp3) is 0.429. The monoisotopic (exact) mass is 296 g/mol. The molecule has 1 heterocycles. The first-order valence-corrected chi connectivity index (χ1v) is 6.81. The fourth-order valence-electron chi connectivity index (χ4n) is 2.21. The zero-order valence-corrected chi connectivity index (χ0v) is 12.2. The van der Waals surface area contributed by atoms with Gasteiger partial charge in [0.1, 0.15) is 12.4 Å². The molecule has 0 saturated carbocycles. The topological polar surface area (TPSA) is 70.9 Å². The van der Waals surface area contributed by atoms with Crippen LogP contribution in [-0.2, 0) is 4.79 Å². The van der Waals surface area contributed by atoms with E-state index in [9.17, 15) is 4.79 Å². The summed E-state index contributed by atoms with van der Waals surface area (Å²) in [4.78, 5) is 11.3. The van der Waals surface area contributed by atoms with Gasteiger partial charge < -0.3 is 9.84 Å². The first-order valence-electron chi connectivity index (χ1n) is 6.43. The Labute approximate surface area is 122 Å². The van der Waals surface area contributed by atoms with E-state index in [2.05, 4.69) is 10.5 Å². The van der Waals surface area contributed by atoms with E-state index >= 15 is 0 Å². The van der Waals surface area contributed by atoms with Gasteiger partial charge in [-0.05, 0) is 24.6 Å². The Morgan fingerprint density at radius 3 is 2.90 bits per heavy atom. The quantitative estimate of drug-likeness (QED) is 0.891. The summed E-state index contributed by atoms with van der Waals surface area (Å²) in [6, 6.07) is 3.69. The summed E-state index contributed by atoms with van der Waals surface area (Å²) in [6.07, 6.45) is 0.415. The Morgan fingerprint density at radius 1 is 1.55 bits per heavy atom. The number of nitrogens with zero attached hydrogens (tertiary/aromatic N) is 1. The molecule has 1 atom stereocenters. The number of carbonyl (C=O) groups is 1. The lowest BCUT2D eigenvalue weighted by Crippen LogP contribution is -2.32. The number of aliphatic hydroxyl groups excluding tert-OH is 1. The van der Waals surface area contributed by atoms with Crippen molar-refractivity contribution in [1.29, 1.82) is 0 Å². The van der Waals surface area contributed by atoms with E-state index in [0.717, 1.165) is 16.8 Å². The molecule has 1 aliphatic rings. The Kier molecular flexibility index (Phi) is 4.62. The molecule has 1 unspecified atom stereocenters. The lowest BCUT2D eigenvalue weighted by Gasteiger charge is -2.20. The van der Waals surface area contributed by atoms with E-state index in [-0.39, 0.29) is 25.0 Å². The highest BCUT2D eigenvalue weighted by atomic mass is 35.5. The highest BCUT2D eigenvalue weighted by Crippen LogP contribution is 2.31. The number of nitrogens with one attached hydrogen (secondary N) is 1. The lowest BCUT2D eigenvalue weighted by molar-refractivity contribution is -0.121. The highest BCUT2D eigenvalue weighted by molar-refractivity contribution is 6.32. The fourth-order valence-corrected chi connectivity index (χ4v) is 2.53. The average molecular weight is 297 g/mol. The average Bonchev–Trinajstić information content (AvgIpc) is 2.37. The molecule has 0 aliphatic carbocycles. The predicted molar refractivity (Wildman–Crippen MR) is 77.2 cm³/mol. The summed E-state index contributed by atoms with van der Waals surface area (Å²) in [7, 11) is 0. The van der Waals surface area contributed by atoms with Crippen LogP contribution in [-0.4, -0.2) is 29.9 Å². The Bertz CT molecular complexity index is 534. The number of amides is 1. The third-order valence-corrected chi connectivity index (χ3v) is 3.40. The molecule has 108 valence electrons. The second-order valence-corrected chi connectivity index (χ2v) is 5.22. The second-order valence-electron chi connectivity index (χ2n) is 4.81. The zero-order chi connectivity index (χ0) is 14.7. The molecule has 0 saturated heterocycles. The number of hydrazone groups is 1. The largest absolute Gasteiger partial charge is 0.489 e. The van der Waals surface area contributed by atoms with Gasteiger partial charge in [0, 0.05) is 17.9 Å². The van der Waals surface area contributed by atoms with Crippen molar-refractivity contribution in [2.24, 2.45) is 11.0 Å². The third kappa shape index (κ3) is 3.11. The molecule has 5 nitrogen and oxygen atoms in total. The van der Waals surface area contributed by atoms with E-state index in [4.69, 9.17) is 21.4 Å². The van der Waals surface area contributed by atoms with Crippen LogP contribution in [0.5, 0.6) is 5.75 Å². The minimum absolute atomic E-state index is 0.0448. The molecule has 6 heteroatoms. The standard InChI is InChI=1S/C14H17ClN2O3/c1-8-6-12(19)16-17-13(8)10-5-9(2)14(11(15)7-10)20-4-3-18/h5,7-8,18H,3-4,6H2,1-2H3,(H,16,19). The number of aliphatic hydroxyl groups is 1. The molecule has 1 amide bonds. The van der Waals surface area contributed by atoms with E-state index in [1.54, 1.807) is 6.07 Å². The normalized spacial score (nSPS) is 18.5. The highest BCUT2D eigenvalue weighted by Gasteiger charge is 2.22. The molecule has 2 rings (SSSR count). The summed E-state index contributed by atoms with van der Waals surface area (Å²) < 4.78 is 5.41. The number of hydrogen-bond acceptors (Lipinski definition) is 4. The van der Waals surface area contributed by atoms with Gasteiger partial charge in [-0.3, -0.25) is 4.79 Å². The van der Waals surface area contributed by atoms with Gasteiger partial charge in [-0.2, -0.15) is 5.10 Å². The zero-order valence-electron chi connectivity index (χ0n) is 11.4. The maximum Gasteiger partial charge on any atom is 0.240 e. The van der Waals surface area contributed by atoms with E-state index in [1.165, 1.54) is 0 Å². The first kappa shape index (κ1) is 14.8. The van der Waals surface area contributed by atoms with Crippen molar-refractivity contribution in [3.8, 4) is 5.75 Å². The second kappa shape index (κ2) is 6.24. The summed E-state index contributed by atoms with van der Waals surface area (Å²) in [5.74, 6) is 0.535. The Morgan fingerprint density at radius 2 is 2.30 bits per heavy atom. The van der Waals surface area contributed by atoms with Gasteiger partial charge >= 0.3 is 0 Å². The molecular weight excluding hydrogens is 280 g/mol. The lowest BCUT2D eigenvalue weighted by atomic mass is 9.93. The van der Waals surface area contributed by atoms with Gasteiger partial charge in [-0.15, -0.1) is 0 Å². The van der Waals surface area contributed by atoms with E-state index < -0.39 is 0 Å². The van der Waals surface area contributed by atoms with Gasteiger partial charge in [0.25, 0.3) is 0 Å². The SMILES string of the molecule is Cc1cc(C2=NNC(=O)CC2C)cc(Cl)c1OCCO. The number of benzene rings is 1. The number of rotatable bonds is 4. The molecule has 1 aromatic rings. The summed E-state index contributed by atoms with van der Waals surface area (Å²) >= 11 is 6.22. The molecule has 0 radical (unpaired) electrons. The van der Waals surface area contributed by atoms with Crippen LogP contribution in [0.3, 0.4) is 0 Å². The summed E-state index contributed by atoms with van der Waals surface area (Å²) in [5.41, 5.74) is 5.04. The van der Waals surface area contributed by atoms with Gasteiger partial charge in [-0.1, -0.05) is 18.5 Å². The Hall–Kier alpha value is -1.59. The molecular formula is C14H17ClN2O3. The first-order chi connectivity index (χ1) is 9.52. The van der Waals surface area contributed by atoms with Crippen molar-refractivity contribution in [3.05, 3.63) is 28.3 Å². The minimum atomic E-state index is -0.0769. The van der Waals surface area contributed by atoms with Crippen molar-refractivity contribution in [2.45, 2.75) is 20.3 Å². The molecule has 0 spiro atoms. The van der Waals surface area contributed by atoms with Crippen LogP contribution in [0.2, 0.25) is 5.02 Å². The number of hydrogen-bond donors (Lipinski definition) is 2. The van der Waals surface area contributed by atoms with Crippen LogP contribution in [0.15, 0.2) is 17.2 Å².